The van der Waals surface area contributed by atoms with E-state index in [2.05, 4.69) is 15.3 Å². The maximum absolute atomic E-state index is 13.9. The number of nitrogens with zero attached hydrogens (tertiary/aromatic N) is 3. The van der Waals surface area contributed by atoms with E-state index in [4.69, 9.17) is 32.7 Å². The number of rotatable bonds is 7. The molecule has 5 rings (SSSR count). The molecule has 1 amide bonds. The van der Waals surface area contributed by atoms with Crippen LogP contribution in [0.4, 0.5) is 5.69 Å². The van der Waals surface area contributed by atoms with Crippen molar-refractivity contribution in [2.45, 2.75) is 32.1 Å². The van der Waals surface area contributed by atoms with E-state index < -0.39 is 5.92 Å². The Morgan fingerprint density at radius 1 is 1.10 bits per heavy atom. The molecule has 1 aliphatic carbocycles. The molecule has 0 radical (unpaired) electrons. The van der Waals surface area contributed by atoms with Gasteiger partial charge in [0.1, 0.15) is 11.5 Å². The third-order valence-corrected chi connectivity index (χ3v) is 7.17. The number of ketones is 1. The maximum atomic E-state index is 13.9. The zero-order valence-corrected chi connectivity index (χ0v) is 23.3. The molecular formula is C29H26Cl2N4O4. The molecule has 10 heteroatoms. The van der Waals surface area contributed by atoms with Crippen LogP contribution in [-0.2, 0) is 11.2 Å². The second-order valence-electron chi connectivity index (χ2n) is 9.50. The van der Waals surface area contributed by atoms with Crippen LogP contribution in [0.1, 0.15) is 58.4 Å². The van der Waals surface area contributed by atoms with Crippen LogP contribution in [0.25, 0.3) is 5.69 Å². The number of halogens is 2. The highest BCUT2D eigenvalue weighted by atomic mass is 35.5. The Morgan fingerprint density at radius 2 is 1.87 bits per heavy atom. The van der Waals surface area contributed by atoms with Gasteiger partial charge in [-0.25, -0.2) is 4.98 Å². The van der Waals surface area contributed by atoms with Gasteiger partial charge in [-0.1, -0.05) is 49.2 Å². The number of hydrogen-bond donors (Lipinski definition) is 1. The van der Waals surface area contributed by atoms with Crippen LogP contribution < -0.4 is 14.8 Å². The Hall–Kier alpha value is -3.88. The highest BCUT2D eigenvalue weighted by molar-refractivity contribution is 6.31. The zero-order valence-electron chi connectivity index (χ0n) is 21.8. The summed E-state index contributed by atoms with van der Waals surface area (Å²) in [6, 6.07) is 12.5. The summed E-state index contributed by atoms with van der Waals surface area (Å²) in [7, 11) is 2.97. The summed E-state index contributed by atoms with van der Waals surface area (Å²) in [5.41, 5.74) is 4.45. The normalized spacial score (nSPS) is 14.4. The number of methoxy groups -OCH3 is 2. The number of fused-ring (bicyclic) bond motifs is 1. The van der Waals surface area contributed by atoms with E-state index in [1.807, 2.05) is 30.5 Å². The van der Waals surface area contributed by atoms with Crippen molar-refractivity contribution in [1.82, 2.24) is 14.5 Å². The standard InChI is InChI=1S/C29H26Cl2N4O4/c1-15(2)26-25(24-20-9-8-18(31)10-16(20)11-23(24)36)21(27(37)33-19-7-5-6-17(30)12-19)14-35(26)22-13-32-29(39-4)34-28(22)38-3/h5-10,12-15,24H,11H2,1-4H3,(H,33,37). The number of hydrogen-bond acceptors (Lipinski definition) is 6. The molecule has 1 aliphatic rings. The number of nitrogens with one attached hydrogen (secondary N) is 1. The molecule has 0 bridgehead atoms. The Balaban J connectivity index is 1.76. The fraction of sp³-hybridized carbons (Fsp3) is 0.241. The van der Waals surface area contributed by atoms with Crippen molar-refractivity contribution in [2.24, 2.45) is 0 Å². The quantitative estimate of drug-likeness (QED) is 0.286. The van der Waals surface area contributed by atoms with Gasteiger partial charge in [-0.2, -0.15) is 4.98 Å². The number of carbonyl (C=O) groups excluding carboxylic acids is 2. The van der Waals surface area contributed by atoms with Crippen molar-refractivity contribution < 1.29 is 19.1 Å². The highest BCUT2D eigenvalue weighted by Gasteiger charge is 2.39. The molecule has 0 aliphatic heterocycles. The summed E-state index contributed by atoms with van der Waals surface area (Å²) in [6.45, 7) is 4.01. The van der Waals surface area contributed by atoms with Crippen LogP contribution in [0.5, 0.6) is 11.9 Å². The first-order valence-corrected chi connectivity index (χ1v) is 13.1. The summed E-state index contributed by atoms with van der Waals surface area (Å²) < 4.78 is 12.6. The van der Waals surface area contributed by atoms with Crippen LogP contribution in [0.3, 0.4) is 0 Å². The molecule has 2 aromatic heterocycles. The highest BCUT2D eigenvalue weighted by Crippen LogP contribution is 2.44. The Morgan fingerprint density at radius 3 is 2.56 bits per heavy atom. The topological polar surface area (TPSA) is 95.3 Å². The van der Waals surface area contributed by atoms with Crippen molar-refractivity contribution >= 4 is 40.6 Å². The molecule has 1 unspecified atom stereocenters. The Bertz CT molecular complexity index is 1600. The molecule has 200 valence electrons. The summed E-state index contributed by atoms with van der Waals surface area (Å²) in [6.07, 6.45) is 3.51. The van der Waals surface area contributed by atoms with Crippen LogP contribution in [-0.4, -0.2) is 40.4 Å². The number of carbonyl (C=O) groups is 2. The maximum Gasteiger partial charge on any atom is 0.319 e. The second-order valence-corrected chi connectivity index (χ2v) is 10.4. The number of benzene rings is 2. The zero-order chi connectivity index (χ0) is 27.8. The molecule has 2 aromatic carbocycles. The molecule has 8 nitrogen and oxygen atoms in total. The molecular weight excluding hydrogens is 539 g/mol. The number of aromatic nitrogens is 3. The van der Waals surface area contributed by atoms with Gasteiger partial charge >= 0.3 is 6.01 Å². The molecule has 1 atom stereocenters. The molecule has 0 saturated carbocycles. The Labute approximate surface area is 235 Å². The number of anilines is 1. The van der Waals surface area contributed by atoms with Crippen molar-refractivity contribution in [3.8, 4) is 17.6 Å². The fourth-order valence-electron chi connectivity index (χ4n) is 5.12. The molecule has 4 aromatic rings. The minimum atomic E-state index is -0.652. The fourth-order valence-corrected chi connectivity index (χ4v) is 5.51. The summed E-state index contributed by atoms with van der Waals surface area (Å²) in [5, 5.41) is 3.99. The molecule has 0 fully saturated rings. The first-order valence-electron chi connectivity index (χ1n) is 12.3. The van der Waals surface area contributed by atoms with Gasteiger partial charge in [0.15, 0.2) is 0 Å². The molecule has 0 spiro atoms. The Kier molecular flexibility index (Phi) is 7.34. The predicted octanol–water partition coefficient (Wildman–Crippen LogP) is 6.22. The van der Waals surface area contributed by atoms with Crippen molar-refractivity contribution in [3.63, 3.8) is 0 Å². The second kappa shape index (κ2) is 10.7. The number of ether oxygens (including phenoxy) is 2. The molecule has 39 heavy (non-hydrogen) atoms. The van der Waals surface area contributed by atoms with E-state index in [0.717, 1.165) is 16.8 Å². The third kappa shape index (κ3) is 4.97. The lowest BCUT2D eigenvalue weighted by atomic mass is 9.86. The van der Waals surface area contributed by atoms with E-state index in [0.29, 0.717) is 32.5 Å². The largest absolute Gasteiger partial charge is 0.479 e. The van der Waals surface area contributed by atoms with E-state index in [1.165, 1.54) is 14.2 Å². The van der Waals surface area contributed by atoms with Gasteiger partial charge in [0.25, 0.3) is 5.91 Å². The van der Waals surface area contributed by atoms with Gasteiger partial charge in [-0.3, -0.25) is 9.59 Å². The average Bonchev–Trinajstić information content (AvgIpc) is 3.44. The van der Waals surface area contributed by atoms with Gasteiger partial charge in [-0.15, -0.1) is 0 Å². The van der Waals surface area contributed by atoms with Crippen molar-refractivity contribution in [1.29, 1.82) is 0 Å². The third-order valence-electron chi connectivity index (χ3n) is 6.70. The SMILES string of the molecule is COc1ncc(-n2cc(C(=O)Nc3cccc(Cl)c3)c(C3C(=O)Cc4cc(Cl)ccc43)c2C(C)C)c(OC)n1. The first kappa shape index (κ1) is 26.7. The monoisotopic (exact) mass is 564 g/mol. The van der Waals surface area contributed by atoms with Gasteiger partial charge < -0.3 is 19.4 Å². The van der Waals surface area contributed by atoms with Gasteiger partial charge in [-0.05, 0) is 47.4 Å². The first-order chi connectivity index (χ1) is 18.7. The summed E-state index contributed by atoms with van der Waals surface area (Å²) in [4.78, 5) is 36.1. The van der Waals surface area contributed by atoms with Gasteiger partial charge in [0.05, 0.1) is 31.9 Å². The van der Waals surface area contributed by atoms with Gasteiger partial charge in [0, 0.05) is 39.6 Å². The minimum absolute atomic E-state index is 0.0123. The van der Waals surface area contributed by atoms with Crippen LogP contribution >= 0.6 is 23.2 Å². The van der Waals surface area contributed by atoms with E-state index in [9.17, 15) is 9.59 Å². The van der Waals surface area contributed by atoms with Crippen molar-refractivity contribution in [3.05, 3.63) is 92.9 Å². The van der Waals surface area contributed by atoms with E-state index in [1.54, 1.807) is 42.7 Å². The lowest BCUT2D eigenvalue weighted by molar-refractivity contribution is -0.118. The molecule has 1 N–H and O–H groups in total. The van der Waals surface area contributed by atoms with E-state index >= 15 is 0 Å². The number of Topliss-reactive ketones (excluding diaryl/α,β-unsaturated/α-hetero) is 1. The summed E-state index contributed by atoms with van der Waals surface area (Å²) >= 11 is 12.4. The summed E-state index contributed by atoms with van der Waals surface area (Å²) in [5.74, 6) is -0.875. The molecule has 0 saturated heterocycles. The average molecular weight is 565 g/mol. The predicted molar refractivity (Wildman–Crippen MR) is 150 cm³/mol. The van der Waals surface area contributed by atoms with Crippen LogP contribution in [0.2, 0.25) is 10.0 Å². The van der Waals surface area contributed by atoms with Crippen LogP contribution in [0.15, 0.2) is 54.9 Å². The van der Waals surface area contributed by atoms with Crippen LogP contribution in [0, 0.1) is 0 Å². The lowest BCUT2D eigenvalue weighted by Gasteiger charge is -2.20. The van der Waals surface area contributed by atoms with E-state index in [-0.39, 0.29) is 35.9 Å². The van der Waals surface area contributed by atoms with Crippen molar-refractivity contribution in [2.75, 3.05) is 19.5 Å². The molecule has 2 heterocycles. The van der Waals surface area contributed by atoms with Gasteiger partial charge in [0.2, 0.25) is 5.88 Å². The number of amides is 1. The lowest BCUT2D eigenvalue weighted by Crippen LogP contribution is -2.18. The smallest absolute Gasteiger partial charge is 0.319 e. The minimum Gasteiger partial charge on any atom is -0.479 e.